The molecule has 31 heavy (non-hydrogen) atoms. The largest absolute Gasteiger partial charge is 0.349 e. The molecule has 164 valence electrons. The summed E-state index contributed by atoms with van der Waals surface area (Å²) in [7, 11) is -3.89. The van der Waals surface area contributed by atoms with Gasteiger partial charge in [0, 0.05) is 17.1 Å². The van der Waals surface area contributed by atoms with Crippen molar-refractivity contribution in [1.29, 1.82) is 0 Å². The van der Waals surface area contributed by atoms with E-state index in [-0.39, 0.29) is 16.3 Å². The predicted molar refractivity (Wildman–Crippen MR) is 118 cm³/mol. The van der Waals surface area contributed by atoms with Gasteiger partial charge in [0.15, 0.2) is 0 Å². The van der Waals surface area contributed by atoms with E-state index >= 15 is 0 Å². The standard InChI is InChI=1S/C24H29N3O3S/c28-22(26-23-13-16-10-17(14-23)12-18(11-16)15-23)24(7-3-8-24)27-31(29,30)20-6-1-4-19-5-2-9-25-21(19)20/h1-2,4-6,9,16-18,27H,3,7-8,10-15H2,(H,26,28). The third-order valence-corrected chi connectivity index (χ3v) is 9.84. The fourth-order valence-corrected chi connectivity index (χ4v) is 8.74. The Morgan fingerprint density at radius 3 is 2.23 bits per heavy atom. The van der Waals surface area contributed by atoms with Gasteiger partial charge in [-0.25, -0.2) is 8.42 Å². The summed E-state index contributed by atoms with van der Waals surface area (Å²) in [4.78, 5) is 18.0. The number of rotatable bonds is 5. The third-order valence-electron chi connectivity index (χ3n) is 8.27. The van der Waals surface area contributed by atoms with E-state index in [4.69, 9.17) is 0 Å². The van der Waals surface area contributed by atoms with E-state index in [1.54, 1.807) is 24.4 Å². The van der Waals surface area contributed by atoms with Crippen molar-refractivity contribution < 1.29 is 13.2 Å². The molecular weight excluding hydrogens is 410 g/mol. The molecule has 5 aliphatic carbocycles. The van der Waals surface area contributed by atoms with E-state index in [9.17, 15) is 13.2 Å². The van der Waals surface area contributed by atoms with Gasteiger partial charge in [-0.2, -0.15) is 4.72 Å². The molecule has 1 aromatic carbocycles. The maximum Gasteiger partial charge on any atom is 0.243 e. The average molecular weight is 440 g/mol. The van der Waals surface area contributed by atoms with Crippen molar-refractivity contribution in [1.82, 2.24) is 15.0 Å². The van der Waals surface area contributed by atoms with Crippen LogP contribution in [0, 0.1) is 17.8 Å². The lowest BCUT2D eigenvalue weighted by Crippen LogP contribution is -2.68. The van der Waals surface area contributed by atoms with Crippen LogP contribution in [0.5, 0.6) is 0 Å². The molecule has 0 atom stereocenters. The van der Waals surface area contributed by atoms with Gasteiger partial charge in [-0.3, -0.25) is 9.78 Å². The average Bonchev–Trinajstić information content (AvgIpc) is 2.69. The van der Waals surface area contributed by atoms with Crippen LogP contribution in [0.25, 0.3) is 10.9 Å². The highest BCUT2D eigenvalue weighted by Gasteiger charge is 2.55. The molecule has 7 heteroatoms. The minimum absolute atomic E-state index is 0.124. The van der Waals surface area contributed by atoms with Crippen LogP contribution in [-0.4, -0.2) is 30.4 Å². The summed E-state index contributed by atoms with van der Waals surface area (Å²) in [6, 6.07) is 8.78. The minimum atomic E-state index is -3.89. The quantitative estimate of drug-likeness (QED) is 0.746. The van der Waals surface area contributed by atoms with Gasteiger partial charge in [0.2, 0.25) is 15.9 Å². The molecule has 0 radical (unpaired) electrons. The van der Waals surface area contributed by atoms with E-state index < -0.39 is 15.6 Å². The highest BCUT2D eigenvalue weighted by atomic mass is 32.2. The fraction of sp³-hybridized carbons (Fsp3) is 0.583. The van der Waals surface area contributed by atoms with Gasteiger partial charge in [-0.05, 0) is 87.7 Å². The molecule has 1 amide bonds. The molecule has 4 bridgehead atoms. The number of benzene rings is 1. The number of aromatic nitrogens is 1. The van der Waals surface area contributed by atoms with Crippen LogP contribution in [0.1, 0.15) is 57.8 Å². The first-order chi connectivity index (χ1) is 14.9. The second kappa shape index (κ2) is 6.75. The van der Waals surface area contributed by atoms with Gasteiger partial charge in [-0.15, -0.1) is 0 Å². The van der Waals surface area contributed by atoms with E-state index in [0.717, 1.165) is 48.8 Å². The van der Waals surface area contributed by atoms with Gasteiger partial charge in [-0.1, -0.05) is 18.2 Å². The number of para-hydroxylation sites is 1. The highest BCUT2D eigenvalue weighted by molar-refractivity contribution is 7.89. The van der Waals surface area contributed by atoms with Crippen LogP contribution in [0.3, 0.4) is 0 Å². The molecule has 0 aliphatic heterocycles. The Hall–Kier alpha value is -1.99. The monoisotopic (exact) mass is 439 g/mol. The summed E-state index contributed by atoms with van der Waals surface area (Å²) in [5.74, 6) is 2.05. The molecule has 2 aromatic rings. The summed E-state index contributed by atoms with van der Waals surface area (Å²) in [5.41, 5.74) is -0.728. The van der Waals surface area contributed by atoms with Gasteiger partial charge >= 0.3 is 0 Å². The SMILES string of the molecule is O=C(NC12CC3CC(CC(C3)C1)C2)C1(NS(=O)(=O)c2cccc3cccnc23)CCC1. The first kappa shape index (κ1) is 19.7. The van der Waals surface area contributed by atoms with Crippen LogP contribution in [0.4, 0.5) is 0 Å². The molecule has 5 saturated carbocycles. The van der Waals surface area contributed by atoms with Crippen molar-refractivity contribution in [3.8, 4) is 0 Å². The zero-order valence-electron chi connectivity index (χ0n) is 17.6. The van der Waals surface area contributed by atoms with Crippen molar-refractivity contribution in [3.05, 3.63) is 36.5 Å². The second-order valence-electron chi connectivity index (χ2n) is 10.5. The molecule has 0 spiro atoms. The number of fused-ring (bicyclic) bond motifs is 1. The Morgan fingerprint density at radius 2 is 1.61 bits per heavy atom. The molecule has 2 N–H and O–H groups in total. The number of nitrogens with one attached hydrogen (secondary N) is 2. The first-order valence-corrected chi connectivity index (χ1v) is 13.1. The van der Waals surface area contributed by atoms with Gasteiger partial charge < -0.3 is 5.32 Å². The van der Waals surface area contributed by atoms with Crippen molar-refractivity contribution >= 4 is 26.8 Å². The summed E-state index contributed by atoms with van der Waals surface area (Å²) >= 11 is 0. The molecule has 0 saturated heterocycles. The van der Waals surface area contributed by atoms with Crippen LogP contribution in [-0.2, 0) is 14.8 Å². The molecule has 5 fully saturated rings. The van der Waals surface area contributed by atoms with E-state index in [1.165, 1.54) is 19.3 Å². The van der Waals surface area contributed by atoms with Crippen molar-refractivity contribution in [3.63, 3.8) is 0 Å². The van der Waals surface area contributed by atoms with E-state index in [2.05, 4.69) is 15.0 Å². The Bertz CT molecular complexity index is 1120. The highest BCUT2D eigenvalue weighted by Crippen LogP contribution is 2.56. The predicted octanol–water partition coefficient (Wildman–Crippen LogP) is 3.52. The molecular formula is C24H29N3O3S. The van der Waals surface area contributed by atoms with Gasteiger partial charge in [0.05, 0.1) is 5.52 Å². The molecule has 5 aliphatic rings. The Labute approximate surface area is 183 Å². The van der Waals surface area contributed by atoms with Gasteiger partial charge in [0.25, 0.3) is 0 Å². The van der Waals surface area contributed by atoms with Crippen LogP contribution >= 0.6 is 0 Å². The summed E-state index contributed by atoms with van der Waals surface area (Å²) in [6.45, 7) is 0. The van der Waals surface area contributed by atoms with E-state index in [0.29, 0.717) is 18.4 Å². The van der Waals surface area contributed by atoms with Crippen LogP contribution < -0.4 is 10.0 Å². The zero-order chi connectivity index (χ0) is 21.3. The lowest BCUT2D eigenvalue weighted by atomic mass is 9.53. The maximum atomic E-state index is 13.6. The summed E-state index contributed by atoms with van der Waals surface area (Å²) in [5, 5.41) is 4.17. The number of carbonyl (C=O) groups excluding carboxylic acids is 1. The number of amides is 1. The summed E-state index contributed by atoms with van der Waals surface area (Å²) in [6.07, 6.45) is 10.6. The summed E-state index contributed by atoms with van der Waals surface area (Å²) < 4.78 is 29.6. The van der Waals surface area contributed by atoms with Crippen molar-refractivity contribution in [2.75, 3.05) is 0 Å². The van der Waals surface area contributed by atoms with E-state index in [1.807, 2.05) is 12.1 Å². The number of hydrogen-bond acceptors (Lipinski definition) is 4. The zero-order valence-corrected chi connectivity index (χ0v) is 18.5. The number of nitrogens with zero attached hydrogens (tertiary/aromatic N) is 1. The third kappa shape index (κ3) is 3.20. The fourth-order valence-electron chi connectivity index (χ4n) is 7.14. The molecule has 1 aromatic heterocycles. The number of sulfonamides is 1. The molecule has 0 unspecified atom stereocenters. The molecule has 6 nitrogen and oxygen atoms in total. The smallest absolute Gasteiger partial charge is 0.243 e. The number of carbonyl (C=O) groups is 1. The lowest BCUT2D eigenvalue weighted by molar-refractivity contribution is -0.136. The Kier molecular flexibility index (Phi) is 4.29. The number of pyridine rings is 1. The Balaban J connectivity index is 1.27. The minimum Gasteiger partial charge on any atom is -0.349 e. The van der Waals surface area contributed by atoms with Crippen LogP contribution in [0.2, 0.25) is 0 Å². The number of hydrogen-bond donors (Lipinski definition) is 2. The molecule has 7 rings (SSSR count). The normalized spacial score (nSPS) is 33.2. The second-order valence-corrected chi connectivity index (χ2v) is 12.2. The Morgan fingerprint density at radius 1 is 0.968 bits per heavy atom. The topological polar surface area (TPSA) is 88.2 Å². The molecule has 1 heterocycles. The van der Waals surface area contributed by atoms with Crippen molar-refractivity contribution in [2.24, 2.45) is 17.8 Å². The first-order valence-electron chi connectivity index (χ1n) is 11.6. The lowest BCUT2D eigenvalue weighted by Gasteiger charge is -2.57. The van der Waals surface area contributed by atoms with Gasteiger partial charge in [0.1, 0.15) is 10.4 Å². The maximum absolute atomic E-state index is 13.6. The van der Waals surface area contributed by atoms with Crippen LogP contribution in [0.15, 0.2) is 41.4 Å². The van der Waals surface area contributed by atoms with Crippen molar-refractivity contribution in [2.45, 2.75) is 73.8 Å².